The summed E-state index contributed by atoms with van der Waals surface area (Å²) in [6, 6.07) is 25.8. The molecule has 0 bridgehead atoms. The van der Waals surface area contributed by atoms with Gasteiger partial charge in [0.25, 0.3) is 0 Å². The lowest BCUT2D eigenvalue weighted by Crippen LogP contribution is -2.13. The minimum Gasteiger partial charge on any atom is -0.497 e. The predicted molar refractivity (Wildman–Crippen MR) is 102 cm³/mol. The first-order valence-electron chi connectivity index (χ1n) is 8.33. The molecule has 1 N–H and O–H groups in total. The third kappa shape index (κ3) is 4.48. The van der Waals surface area contributed by atoms with E-state index in [1.54, 1.807) is 7.11 Å². The van der Waals surface area contributed by atoms with E-state index >= 15 is 0 Å². The van der Waals surface area contributed by atoms with Gasteiger partial charge < -0.3 is 10.1 Å². The number of aryl methyl sites for hydroxylation is 1. The monoisotopic (exact) mass is 331 g/mol. The van der Waals surface area contributed by atoms with Gasteiger partial charge in [0.1, 0.15) is 5.75 Å². The Morgan fingerprint density at radius 1 is 0.880 bits per heavy atom. The summed E-state index contributed by atoms with van der Waals surface area (Å²) in [5.74, 6) is 0.837. The van der Waals surface area contributed by atoms with Crippen molar-refractivity contribution in [1.29, 1.82) is 0 Å². The van der Waals surface area contributed by atoms with Gasteiger partial charge in [-0.1, -0.05) is 60.7 Å². The van der Waals surface area contributed by atoms with E-state index in [0.717, 1.165) is 28.1 Å². The number of amides is 1. The third-order valence-corrected chi connectivity index (χ3v) is 4.09. The number of methoxy groups -OCH3 is 1. The van der Waals surface area contributed by atoms with Crippen molar-refractivity contribution in [2.24, 2.45) is 0 Å². The molecule has 3 aromatic carbocycles. The van der Waals surface area contributed by atoms with Crippen molar-refractivity contribution in [3.63, 3.8) is 0 Å². The number of nitrogens with one attached hydrogen (secondary N) is 1. The van der Waals surface area contributed by atoms with E-state index in [2.05, 4.69) is 5.32 Å². The molecule has 0 spiro atoms. The number of hydrogen-bond acceptors (Lipinski definition) is 2. The average molecular weight is 331 g/mol. The Hall–Kier alpha value is -3.07. The number of benzene rings is 3. The van der Waals surface area contributed by atoms with E-state index in [0.29, 0.717) is 12.8 Å². The number of hydrogen-bond donors (Lipinski definition) is 1. The summed E-state index contributed by atoms with van der Waals surface area (Å²) in [7, 11) is 1.65. The minimum absolute atomic E-state index is 0.0131. The van der Waals surface area contributed by atoms with Crippen LogP contribution < -0.4 is 10.1 Å². The first-order valence-corrected chi connectivity index (χ1v) is 8.33. The highest BCUT2D eigenvalue weighted by molar-refractivity contribution is 5.95. The minimum atomic E-state index is 0.0131. The maximum absolute atomic E-state index is 12.4. The van der Waals surface area contributed by atoms with Gasteiger partial charge in [0, 0.05) is 17.7 Å². The van der Waals surface area contributed by atoms with Crippen molar-refractivity contribution in [2.75, 3.05) is 12.4 Å². The van der Waals surface area contributed by atoms with Crippen LogP contribution in [0.3, 0.4) is 0 Å². The van der Waals surface area contributed by atoms with Crippen molar-refractivity contribution in [1.82, 2.24) is 0 Å². The summed E-state index contributed by atoms with van der Waals surface area (Å²) in [6.07, 6.45) is 1.14. The van der Waals surface area contributed by atoms with Gasteiger partial charge in [-0.15, -0.1) is 0 Å². The van der Waals surface area contributed by atoms with Crippen LogP contribution in [-0.4, -0.2) is 13.0 Å². The van der Waals surface area contributed by atoms with Crippen LogP contribution in [-0.2, 0) is 11.2 Å². The molecule has 0 atom stereocenters. The van der Waals surface area contributed by atoms with Gasteiger partial charge in [-0.2, -0.15) is 0 Å². The Morgan fingerprint density at radius 2 is 1.56 bits per heavy atom. The van der Waals surface area contributed by atoms with E-state index in [1.807, 2.05) is 78.9 Å². The first kappa shape index (κ1) is 16.8. The molecule has 0 saturated heterocycles. The van der Waals surface area contributed by atoms with E-state index in [9.17, 15) is 4.79 Å². The zero-order valence-electron chi connectivity index (χ0n) is 14.2. The highest BCUT2D eigenvalue weighted by Gasteiger charge is 2.08. The Balaban J connectivity index is 1.65. The molecule has 126 valence electrons. The second-order valence-electron chi connectivity index (χ2n) is 5.81. The fourth-order valence-corrected chi connectivity index (χ4v) is 2.72. The van der Waals surface area contributed by atoms with Crippen LogP contribution in [0, 0.1) is 0 Å². The van der Waals surface area contributed by atoms with Crippen molar-refractivity contribution in [3.05, 3.63) is 84.4 Å². The second-order valence-corrected chi connectivity index (χ2v) is 5.81. The van der Waals surface area contributed by atoms with Gasteiger partial charge in [0.05, 0.1) is 7.11 Å². The van der Waals surface area contributed by atoms with Crippen molar-refractivity contribution in [2.45, 2.75) is 12.8 Å². The van der Waals surface area contributed by atoms with E-state index in [4.69, 9.17) is 4.74 Å². The molecule has 0 heterocycles. The summed E-state index contributed by atoms with van der Waals surface area (Å²) < 4.78 is 5.15. The number of rotatable bonds is 6. The molecule has 3 nitrogen and oxygen atoms in total. The van der Waals surface area contributed by atoms with E-state index < -0.39 is 0 Å². The van der Waals surface area contributed by atoms with Gasteiger partial charge in [-0.3, -0.25) is 4.79 Å². The van der Waals surface area contributed by atoms with Crippen LogP contribution in [0.2, 0.25) is 0 Å². The van der Waals surface area contributed by atoms with Crippen molar-refractivity contribution < 1.29 is 9.53 Å². The molecule has 3 rings (SSSR count). The largest absolute Gasteiger partial charge is 0.497 e. The molecule has 0 aromatic heterocycles. The van der Waals surface area contributed by atoms with Gasteiger partial charge in [0.2, 0.25) is 5.91 Å². The second kappa shape index (κ2) is 8.15. The van der Waals surface area contributed by atoms with Crippen LogP contribution >= 0.6 is 0 Å². The normalized spacial score (nSPS) is 10.3. The average Bonchev–Trinajstić information content (AvgIpc) is 2.68. The molecule has 0 saturated carbocycles. The summed E-state index contributed by atoms with van der Waals surface area (Å²) in [4.78, 5) is 12.4. The van der Waals surface area contributed by atoms with Crippen LogP contribution in [0.25, 0.3) is 11.1 Å². The van der Waals surface area contributed by atoms with Gasteiger partial charge in [-0.25, -0.2) is 0 Å². The van der Waals surface area contributed by atoms with Crippen molar-refractivity contribution in [3.8, 4) is 16.9 Å². The highest BCUT2D eigenvalue weighted by Crippen LogP contribution is 2.27. The van der Waals surface area contributed by atoms with Gasteiger partial charge >= 0.3 is 0 Å². The smallest absolute Gasteiger partial charge is 0.224 e. The molecule has 3 aromatic rings. The van der Waals surface area contributed by atoms with Gasteiger partial charge in [0.15, 0.2) is 0 Å². The number of anilines is 1. The lowest BCUT2D eigenvalue weighted by atomic mass is 10.0. The molecular formula is C22H21NO2. The summed E-state index contributed by atoms with van der Waals surface area (Å²) in [5.41, 5.74) is 4.08. The molecular weight excluding hydrogens is 310 g/mol. The Morgan fingerprint density at radius 3 is 2.28 bits per heavy atom. The standard InChI is InChI=1S/C22H21NO2/c1-25-19-14-11-17(12-15-19)13-16-22(24)23-21-10-6-5-9-20(21)18-7-3-2-4-8-18/h2-12,14-15H,13,16H2,1H3,(H,23,24). The number of ether oxygens (including phenoxy) is 1. The molecule has 1 amide bonds. The molecule has 25 heavy (non-hydrogen) atoms. The zero-order valence-corrected chi connectivity index (χ0v) is 14.2. The lowest BCUT2D eigenvalue weighted by molar-refractivity contribution is -0.116. The Bertz CT molecular complexity index is 826. The SMILES string of the molecule is COc1ccc(CCC(=O)Nc2ccccc2-c2ccccc2)cc1. The van der Waals surface area contributed by atoms with Crippen molar-refractivity contribution >= 4 is 11.6 Å². The molecule has 0 aliphatic rings. The maximum Gasteiger partial charge on any atom is 0.224 e. The van der Waals surface area contributed by atoms with Crippen LogP contribution in [0.15, 0.2) is 78.9 Å². The summed E-state index contributed by atoms with van der Waals surface area (Å²) in [6.45, 7) is 0. The van der Waals surface area contributed by atoms with E-state index in [1.165, 1.54) is 0 Å². The molecule has 3 heteroatoms. The molecule has 0 radical (unpaired) electrons. The van der Waals surface area contributed by atoms with Gasteiger partial charge in [-0.05, 0) is 35.7 Å². The fourth-order valence-electron chi connectivity index (χ4n) is 2.72. The summed E-state index contributed by atoms with van der Waals surface area (Å²) in [5, 5.41) is 3.04. The lowest BCUT2D eigenvalue weighted by Gasteiger charge is -2.11. The molecule has 0 aliphatic carbocycles. The van der Waals surface area contributed by atoms with Crippen LogP contribution in [0.4, 0.5) is 5.69 Å². The number of carbonyl (C=O) groups excluding carboxylic acids is 1. The molecule has 0 fully saturated rings. The first-order chi connectivity index (χ1) is 12.3. The fraction of sp³-hybridized carbons (Fsp3) is 0.136. The Kier molecular flexibility index (Phi) is 5.47. The quantitative estimate of drug-likeness (QED) is 0.695. The van der Waals surface area contributed by atoms with E-state index in [-0.39, 0.29) is 5.91 Å². The molecule has 0 aliphatic heterocycles. The molecule has 0 unspecified atom stereocenters. The summed E-state index contributed by atoms with van der Waals surface area (Å²) >= 11 is 0. The number of carbonyl (C=O) groups is 1. The van der Waals surface area contributed by atoms with Crippen LogP contribution in [0.5, 0.6) is 5.75 Å². The van der Waals surface area contributed by atoms with Crippen LogP contribution in [0.1, 0.15) is 12.0 Å². The zero-order chi connectivity index (χ0) is 17.5. The number of para-hydroxylation sites is 1. The highest BCUT2D eigenvalue weighted by atomic mass is 16.5. The maximum atomic E-state index is 12.4. The third-order valence-electron chi connectivity index (χ3n) is 4.09. The predicted octanol–water partition coefficient (Wildman–Crippen LogP) is 4.93. The topological polar surface area (TPSA) is 38.3 Å². The Labute approximate surface area is 148 Å².